The lowest BCUT2D eigenvalue weighted by molar-refractivity contribution is 0.154. The van der Waals surface area contributed by atoms with E-state index in [1.807, 2.05) is 18.2 Å². The molecule has 1 atom stereocenters. The van der Waals surface area contributed by atoms with Gasteiger partial charge in [0.05, 0.1) is 26.1 Å². The number of aromatic nitrogens is 2. The molecule has 2 aromatic carbocycles. The number of para-hydroxylation sites is 1. The predicted octanol–water partition coefficient (Wildman–Crippen LogP) is 2.88. The van der Waals surface area contributed by atoms with Crippen LogP contribution in [0.3, 0.4) is 0 Å². The molecule has 4 aromatic rings. The van der Waals surface area contributed by atoms with Crippen molar-refractivity contribution in [1.82, 2.24) is 9.55 Å². The number of nitrogens with zero attached hydrogens (tertiary/aromatic N) is 2. The molecule has 0 bridgehead atoms. The highest BCUT2D eigenvalue weighted by atomic mass is 16.5. The van der Waals surface area contributed by atoms with Crippen LogP contribution in [-0.4, -0.2) is 21.8 Å². The van der Waals surface area contributed by atoms with Crippen LogP contribution in [0.5, 0.6) is 5.75 Å². The number of ether oxygens (including phenoxy) is 1. The lowest BCUT2D eigenvalue weighted by Gasteiger charge is -2.13. The van der Waals surface area contributed by atoms with Gasteiger partial charge in [-0.15, -0.1) is 0 Å². The number of aliphatic hydroxyl groups is 1. The van der Waals surface area contributed by atoms with Crippen molar-refractivity contribution in [1.29, 1.82) is 0 Å². The highest BCUT2D eigenvalue weighted by molar-refractivity contribution is 6.01. The van der Waals surface area contributed by atoms with Gasteiger partial charge in [-0.3, -0.25) is 9.36 Å². The fourth-order valence-electron chi connectivity index (χ4n) is 2.89. The third-order valence-corrected chi connectivity index (χ3v) is 4.20. The number of hydrogen-bond donors (Lipinski definition) is 1. The molecule has 2 heterocycles. The average molecular weight is 336 g/mol. The van der Waals surface area contributed by atoms with Gasteiger partial charge in [-0.25, -0.2) is 4.98 Å². The zero-order valence-corrected chi connectivity index (χ0v) is 13.5. The van der Waals surface area contributed by atoms with Crippen LogP contribution in [0.4, 0.5) is 0 Å². The number of furan rings is 1. The van der Waals surface area contributed by atoms with Crippen LogP contribution in [0.2, 0.25) is 0 Å². The molecule has 6 nitrogen and oxygen atoms in total. The minimum absolute atomic E-state index is 0.0754. The van der Waals surface area contributed by atoms with Gasteiger partial charge in [-0.2, -0.15) is 0 Å². The van der Waals surface area contributed by atoms with Crippen molar-refractivity contribution < 1.29 is 14.3 Å². The lowest BCUT2D eigenvalue weighted by atomic mass is 10.1. The summed E-state index contributed by atoms with van der Waals surface area (Å²) in [4.78, 5) is 17.0. The van der Waals surface area contributed by atoms with E-state index in [1.54, 1.807) is 37.4 Å². The smallest absolute Gasteiger partial charge is 0.297 e. The second-order valence-electron chi connectivity index (χ2n) is 5.77. The van der Waals surface area contributed by atoms with Crippen molar-refractivity contribution in [3.63, 3.8) is 0 Å². The molecule has 0 spiro atoms. The Morgan fingerprint density at radius 1 is 1.24 bits per heavy atom. The molecule has 0 fully saturated rings. The normalized spacial score (nSPS) is 12.6. The highest BCUT2D eigenvalue weighted by Gasteiger charge is 2.16. The van der Waals surface area contributed by atoms with Crippen LogP contribution < -0.4 is 10.3 Å². The second-order valence-corrected chi connectivity index (χ2v) is 5.77. The van der Waals surface area contributed by atoms with E-state index >= 15 is 0 Å². The number of rotatable bonds is 4. The summed E-state index contributed by atoms with van der Waals surface area (Å²) in [5.74, 6) is 0.648. The molecule has 25 heavy (non-hydrogen) atoms. The molecule has 1 N–H and O–H groups in total. The Hall–Kier alpha value is -3.12. The van der Waals surface area contributed by atoms with E-state index in [9.17, 15) is 9.90 Å². The summed E-state index contributed by atoms with van der Waals surface area (Å²) in [5, 5.41) is 11.3. The molecule has 0 saturated heterocycles. The average Bonchev–Trinajstić information content (AvgIpc) is 3.03. The molecule has 0 aliphatic heterocycles. The van der Waals surface area contributed by atoms with E-state index in [0.717, 1.165) is 5.39 Å². The zero-order chi connectivity index (χ0) is 17.4. The molecular formula is C19H16N2O4. The Labute approximate surface area is 142 Å². The fourth-order valence-corrected chi connectivity index (χ4v) is 2.89. The maximum atomic E-state index is 12.7. The highest BCUT2D eigenvalue weighted by Crippen LogP contribution is 2.25. The van der Waals surface area contributed by atoms with Gasteiger partial charge in [0.15, 0.2) is 0 Å². The molecule has 0 saturated carbocycles. The van der Waals surface area contributed by atoms with Crippen LogP contribution in [0.15, 0.2) is 64.1 Å². The molecule has 1 unspecified atom stereocenters. The minimum atomic E-state index is -0.864. The summed E-state index contributed by atoms with van der Waals surface area (Å²) in [7, 11) is 1.56. The van der Waals surface area contributed by atoms with Crippen molar-refractivity contribution in [2.24, 2.45) is 0 Å². The molecule has 2 aromatic heterocycles. The van der Waals surface area contributed by atoms with E-state index in [0.29, 0.717) is 22.4 Å². The molecular weight excluding hydrogens is 320 g/mol. The lowest BCUT2D eigenvalue weighted by Crippen LogP contribution is -2.23. The van der Waals surface area contributed by atoms with Gasteiger partial charge in [0.25, 0.3) is 5.56 Å². The fraction of sp³-hybridized carbons (Fsp3) is 0.158. The maximum absolute atomic E-state index is 12.7. The van der Waals surface area contributed by atoms with E-state index in [4.69, 9.17) is 9.15 Å². The number of fused-ring (bicyclic) bond motifs is 3. The first-order chi connectivity index (χ1) is 12.2. The summed E-state index contributed by atoms with van der Waals surface area (Å²) in [6.45, 7) is 0.0754. The Bertz CT molecular complexity index is 1110. The molecule has 6 heteroatoms. The van der Waals surface area contributed by atoms with Crippen molar-refractivity contribution >= 4 is 22.1 Å². The van der Waals surface area contributed by atoms with Gasteiger partial charge in [-0.05, 0) is 29.8 Å². The van der Waals surface area contributed by atoms with Gasteiger partial charge >= 0.3 is 0 Å². The van der Waals surface area contributed by atoms with E-state index < -0.39 is 6.10 Å². The number of benzene rings is 2. The Kier molecular flexibility index (Phi) is 3.74. The second kappa shape index (κ2) is 6.07. The Morgan fingerprint density at radius 3 is 2.92 bits per heavy atom. The standard InChI is InChI=1S/C19H16N2O4/c1-24-13-6-4-5-12(9-13)15(22)10-21-11-20-17-14-7-2-3-8-16(14)25-18(17)19(21)23/h2-9,11,15,22H,10H2,1H3. The predicted molar refractivity (Wildman–Crippen MR) is 93.7 cm³/mol. The number of aliphatic hydroxyl groups excluding tert-OH is 1. The molecule has 0 aliphatic rings. The summed E-state index contributed by atoms with van der Waals surface area (Å²) < 4.78 is 12.2. The molecule has 4 rings (SSSR count). The van der Waals surface area contributed by atoms with Crippen molar-refractivity contribution in [2.75, 3.05) is 7.11 Å². The van der Waals surface area contributed by atoms with Crippen LogP contribution in [0, 0.1) is 0 Å². The topological polar surface area (TPSA) is 77.5 Å². The number of hydrogen-bond acceptors (Lipinski definition) is 5. The van der Waals surface area contributed by atoms with Crippen molar-refractivity contribution in [3.8, 4) is 5.75 Å². The van der Waals surface area contributed by atoms with Crippen LogP contribution in [0.25, 0.3) is 22.1 Å². The first kappa shape index (κ1) is 15.4. The van der Waals surface area contributed by atoms with E-state index in [2.05, 4.69) is 4.98 Å². The Morgan fingerprint density at radius 2 is 2.08 bits per heavy atom. The first-order valence-corrected chi connectivity index (χ1v) is 7.86. The van der Waals surface area contributed by atoms with Gasteiger partial charge in [-0.1, -0.05) is 24.3 Å². The largest absolute Gasteiger partial charge is 0.497 e. The van der Waals surface area contributed by atoms with Crippen LogP contribution in [-0.2, 0) is 6.54 Å². The summed E-state index contributed by atoms with van der Waals surface area (Å²) in [5.41, 5.74) is 1.70. The maximum Gasteiger partial charge on any atom is 0.297 e. The minimum Gasteiger partial charge on any atom is -0.497 e. The SMILES string of the molecule is COc1cccc(C(O)Cn2cnc3c(oc4ccccc43)c2=O)c1. The molecule has 0 amide bonds. The van der Waals surface area contributed by atoms with Gasteiger partial charge in [0, 0.05) is 5.39 Å². The first-order valence-electron chi connectivity index (χ1n) is 7.86. The molecule has 0 radical (unpaired) electrons. The van der Waals surface area contributed by atoms with Crippen LogP contribution in [0.1, 0.15) is 11.7 Å². The third kappa shape index (κ3) is 2.66. The van der Waals surface area contributed by atoms with Gasteiger partial charge in [0.2, 0.25) is 5.58 Å². The van der Waals surface area contributed by atoms with Crippen LogP contribution >= 0.6 is 0 Å². The number of methoxy groups -OCH3 is 1. The summed E-state index contributed by atoms with van der Waals surface area (Å²) >= 11 is 0. The quantitative estimate of drug-likeness (QED) is 0.620. The van der Waals surface area contributed by atoms with Gasteiger partial charge < -0.3 is 14.3 Å². The van der Waals surface area contributed by atoms with Gasteiger partial charge in [0.1, 0.15) is 16.8 Å². The van der Waals surface area contributed by atoms with E-state index in [1.165, 1.54) is 10.9 Å². The summed E-state index contributed by atoms with van der Waals surface area (Å²) in [6.07, 6.45) is 0.576. The molecule has 126 valence electrons. The third-order valence-electron chi connectivity index (χ3n) is 4.20. The molecule has 0 aliphatic carbocycles. The Balaban J connectivity index is 1.73. The van der Waals surface area contributed by atoms with E-state index in [-0.39, 0.29) is 17.7 Å². The zero-order valence-electron chi connectivity index (χ0n) is 13.5. The van der Waals surface area contributed by atoms with Crippen molar-refractivity contribution in [3.05, 3.63) is 70.8 Å². The summed E-state index contributed by atoms with van der Waals surface area (Å²) in [6, 6.07) is 14.5. The van der Waals surface area contributed by atoms with Crippen molar-refractivity contribution in [2.45, 2.75) is 12.6 Å². The monoisotopic (exact) mass is 336 g/mol.